The highest BCUT2D eigenvalue weighted by Crippen LogP contribution is 2.28. The second kappa shape index (κ2) is 7.30. The van der Waals surface area contributed by atoms with E-state index >= 15 is 0 Å². The van der Waals surface area contributed by atoms with Crippen molar-refractivity contribution in [2.45, 2.75) is 45.6 Å². The molecule has 7 nitrogen and oxygen atoms in total. The van der Waals surface area contributed by atoms with Crippen LogP contribution in [0.5, 0.6) is 0 Å². The molecule has 0 spiro atoms. The maximum Gasteiger partial charge on any atom is 0.407 e. The molecule has 0 aromatic rings. The topological polar surface area (TPSA) is 110 Å². The van der Waals surface area contributed by atoms with Crippen LogP contribution in [0.15, 0.2) is 0 Å². The number of rotatable bonds is 4. The van der Waals surface area contributed by atoms with Gasteiger partial charge < -0.3 is 15.2 Å². The van der Waals surface area contributed by atoms with E-state index < -0.39 is 27.5 Å². The Labute approximate surface area is 131 Å². The second-order valence-electron chi connectivity index (χ2n) is 6.73. The van der Waals surface area contributed by atoms with Crippen molar-refractivity contribution in [3.05, 3.63) is 0 Å². The zero-order chi connectivity index (χ0) is 17.0. The van der Waals surface area contributed by atoms with E-state index in [0.29, 0.717) is 12.8 Å². The van der Waals surface area contributed by atoms with Gasteiger partial charge in [0.1, 0.15) is 15.4 Å². The number of carbonyl (C=O) groups is 2. The van der Waals surface area contributed by atoms with Gasteiger partial charge in [-0.05, 0) is 45.4 Å². The Kier molecular flexibility index (Phi) is 6.22. The fraction of sp³-hybridized carbons (Fsp3) is 0.857. The molecule has 1 heterocycles. The fourth-order valence-corrected chi connectivity index (χ4v) is 4.05. The van der Waals surface area contributed by atoms with E-state index in [2.05, 4.69) is 5.32 Å². The van der Waals surface area contributed by atoms with E-state index in [4.69, 9.17) is 9.84 Å². The van der Waals surface area contributed by atoms with E-state index in [1.54, 1.807) is 20.8 Å². The third kappa shape index (κ3) is 7.11. The molecule has 1 rings (SSSR count). The molecule has 0 aromatic carbocycles. The Hall–Kier alpha value is -1.31. The van der Waals surface area contributed by atoms with Gasteiger partial charge in [0.05, 0.1) is 11.5 Å². The quantitative estimate of drug-likeness (QED) is 0.804. The van der Waals surface area contributed by atoms with E-state index in [1.165, 1.54) is 0 Å². The molecule has 2 N–H and O–H groups in total. The van der Waals surface area contributed by atoms with Gasteiger partial charge >= 0.3 is 12.1 Å². The summed E-state index contributed by atoms with van der Waals surface area (Å²) in [6.45, 7) is 5.47. The summed E-state index contributed by atoms with van der Waals surface area (Å²) in [4.78, 5) is 22.6. The van der Waals surface area contributed by atoms with E-state index in [9.17, 15) is 18.0 Å². The molecule has 0 radical (unpaired) electrons. The number of aliphatic carboxylic acids is 1. The molecule has 1 fully saturated rings. The SMILES string of the molecule is CC(C)(C)OC(=O)NCC1CCS(=O)(=O)CCC1CC(=O)O. The monoisotopic (exact) mass is 335 g/mol. The van der Waals surface area contributed by atoms with Crippen LogP contribution >= 0.6 is 0 Å². The van der Waals surface area contributed by atoms with Crippen molar-refractivity contribution < 1.29 is 27.9 Å². The summed E-state index contributed by atoms with van der Waals surface area (Å²) in [5.74, 6) is -1.35. The van der Waals surface area contributed by atoms with Crippen molar-refractivity contribution in [2.75, 3.05) is 18.1 Å². The molecule has 2 unspecified atom stereocenters. The largest absolute Gasteiger partial charge is 0.481 e. The van der Waals surface area contributed by atoms with Crippen LogP contribution in [0.3, 0.4) is 0 Å². The summed E-state index contributed by atoms with van der Waals surface area (Å²) >= 11 is 0. The first-order valence-corrected chi connectivity index (χ1v) is 9.20. The highest BCUT2D eigenvalue weighted by molar-refractivity contribution is 7.91. The number of ether oxygens (including phenoxy) is 1. The number of nitrogens with one attached hydrogen (secondary N) is 1. The van der Waals surface area contributed by atoms with Crippen LogP contribution in [0.2, 0.25) is 0 Å². The van der Waals surface area contributed by atoms with Crippen molar-refractivity contribution in [2.24, 2.45) is 11.8 Å². The molecule has 1 aliphatic rings. The zero-order valence-electron chi connectivity index (χ0n) is 13.3. The number of carboxylic acid groups (broad SMARTS) is 1. The molecular formula is C14H25NO6S. The number of hydrogen-bond donors (Lipinski definition) is 2. The molecule has 0 saturated carbocycles. The molecule has 1 aliphatic heterocycles. The number of hydrogen-bond acceptors (Lipinski definition) is 5. The van der Waals surface area contributed by atoms with Gasteiger partial charge in [0.2, 0.25) is 0 Å². The number of amides is 1. The number of alkyl carbamates (subject to hydrolysis) is 1. The van der Waals surface area contributed by atoms with Crippen molar-refractivity contribution in [3.8, 4) is 0 Å². The lowest BCUT2D eigenvalue weighted by molar-refractivity contribution is -0.138. The first-order chi connectivity index (χ1) is 9.98. The van der Waals surface area contributed by atoms with Crippen molar-refractivity contribution in [3.63, 3.8) is 0 Å². The Bertz CT molecular complexity index is 508. The van der Waals surface area contributed by atoms with Gasteiger partial charge in [-0.15, -0.1) is 0 Å². The number of sulfone groups is 1. The lowest BCUT2D eigenvalue weighted by atomic mass is 9.85. The highest BCUT2D eigenvalue weighted by atomic mass is 32.2. The maximum absolute atomic E-state index is 11.7. The Morgan fingerprint density at radius 3 is 2.23 bits per heavy atom. The molecule has 22 heavy (non-hydrogen) atoms. The van der Waals surface area contributed by atoms with Crippen molar-refractivity contribution in [1.29, 1.82) is 0 Å². The predicted molar refractivity (Wildman–Crippen MR) is 81.4 cm³/mol. The predicted octanol–water partition coefficient (Wildman–Crippen LogP) is 1.43. The normalized spacial score (nSPS) is 25.0. The molecule has 0 bridgehead atoms. The zero-order valence-corrected chi connectivity index (χ0v) is 14.1. The molecule has 1 amide bonds. The van der Waals surface area contributed by atoms with Crippen LogP contribution in [0, 0.1) is 11.8 Å². The van der Waals surface area contributed by atoms with Gasteiger partial charge in [-0.2, -0.15) is 0 Å². The van der Waals surface area contributed by atoms with Crippen LogP contribution < -0.4 is 5.32 Å². The number of carbonyl (C=O) groups excluding carboxylic acids is 1. The van der Waals surface area contributed by atoms with Crippen LogP contribution in [0.25, 0.3) is 0 Å². The summed E-state index contributed by atoms with van der Waals surface area (Å²) in [5.41, 5.74) is -0.614. The Balaban J connectivity index is 2.66. The van der Waals surface area contributed by atoms with Crippen LogP contribution in [-0.4, -0.2) is 49.2 Å². The molecule has 1 saturated heterocycles. The van der Waals surface area contributed by atoms with Crippen molar-refractivity contribution in [1.82, 2.24) is 5.32 Å². The minimum absolute atomic E-state index is 0.00782. The molecule has 2 atom stereocenters. The minimum Gasteiger partial charge on any atom is -0.481 e. The summed E-state index contributed by atoms with van der Waals surface area (Å²) in [6.07, 6.45) is 0.00959. The van der Waals surface area contributed by atoms with Crippen molar-refractivity contribution >= 4 is 21.9 Å². The average molecular weight is 335 g/mol. The lowest BCUT2D eigenvalue weighted by Crippen LogP contribution is -2.37. The lowest BCUT2D eigenvalue weighted by Gasteiger charge is -2.25. The van der Waals surface area contributed by atoms with E-state index in [-0.39, 0.29) is 36.3 Å². The molecule has 0 aromatic heterocycles. The number of carboxylic acids is 1. The third-order valence-corrected chi connectivity index (χ3v) is 5.33. The summed E-state index contributed by atoms with van der Waals surface area (Å²) < 4.78 is 28.6. The fourth-order valence-electron chi connectivity index (χ4n) is 2.53. The van der Waals surface area contributed by atoms with Gasteiger partial charge in [-0.1, -0.05) is 0 Å². The van der Waals surface area contributed by atoms with Crippen LogP contribution in [-0.2, 0) is 19.4 Å². The first kappa shape index (κ1) is 18.7. The summed E-state index contributed by atoms with van der Waals surface area (Å²) in [6, 6.07) is 0. The average Bonchev–Trinajstić information content (AvgIpc) is 2.45. The summed E-state index contributed by atoms with van der Waals surface area (Å²) in [7, 11) is -3.13. The van der Waals surface area contributed by atoms with Crippen LogP contribution in [0.1, 0.15) is 40.0 Å². The maximum atomic E-state index is 11.7. The van der Waals surface area contributed by atoms with E-state index in [1.807, 2.05) is 0 Å². The smallest absolute Gasteiger partial charge is 0.407 e. The highest BCUT2D eigenvalue weighted by Gasteiger charge is 2.31. The van der Waals surface area contributed by atoms with Gasteiger partial charge in [0, 0.05) is 13.0 Å². The standard InChI is InChI=1S/C14H25NO6S/c1-14(2,3)21-13(18)15-9-11-5-7-22(19,20)6-4-10(11)8-12(16)17/h10-11H,4-9H2,1-3H3,(H,15,18)(H,16,17). The minimum atomic E-state index is -3.13. The van der Waals surface area contributed by atoms with Gasteiger partial charge in [0.25, 0.3) is 0 Å². The van der Waals surface area contributed by atoms with E-state index in [0.717, 1.165) is 0 Å². The Morgan fingerprint density at radius 2 is 1.73 bits per heavy atom. The summed E-state index contributed by atoms with van der Waals surface area (Å²) in [5, 5.41) is 11.6. The first-order valence-electron chi connectivity index (χ1n) is 7.37. The second-order valence-corrected chi connectivity index (χ2v) is 9.03. The molecule has 128 valence electrons. The van der Waals surface area contributed by atoms with Gasteiger partial charge in [-0.25, -0.2) is 13.2 Å². The van der Waals surface area contributed by atoms with Gasteiger partial charge in [0.15, 0.2) is 0 Å². The van der Waals surface area contributed by atoms with Gasteiger partial charge in [-0.3, -0.25) is 4.79 Å². The third-order valence-electron chi connectivity index (χ3n) is 3.61. The molecule has 8 heteroatoms. The van der Waals surface area contributed by atoms with Crippen LogP contribution in [0.4, 0.5) is 4.79 Å². The Morgan fingerprint density at radius 1 is 1.18 bits per heavy atom. The molecular weight excluding hydrogens is 310 g/mol. The molecule has 0 aliphatic carbocycles.